The third-order valence-corrected chi connectivity index (χ3v) is 11.1. The van der Waals surface area contributed by atoms with Crippen molar-refractivity contribution in [2.24, 2.45) is 11.5 Å². The van der Waals surface area contributed by atoms with Crippen molar-refractivity contribution in [3.05, 3.63) is 59.7 Å². The molecule has 2 amide bonds. The van der Waals surface area contributed by atoms with Gasteiger partial charge in [0.15, 0.2) is 0 Å². The number of benzene rings is 2. The van der Waals surface area contributed by atoms with Crippen LogP contribution in [0, 0.1) is 48.4 Å². The van der Waals surface area contributed by atoms with E-state index in [1.54, 1.807) is 57.2 Å². The normalized spacial score (nSPS) is 12.3. The Labute approximate surface area is 385 Å². The van der Waals surface area contributed by atoms with E-state index in [2.05, 4.69) is 46.2 Å². The second-order valence-corrected chi connectivity index (χ2v) is 17.8. The molecule has 0 saturated carbocycles. The molecular formula is C44H50N4O11S4. The van der Waals surface area contributed by atoms with Gasteiger partial charge < -0.3 is 45.8 Å². The Morgan fingerprint density at radius 3 is 1.60 bits per heavy atom. The number of alkyl carbamates (subject to hydrolysis) is 1. The maximum absolute atomic E-state index is 13.2. The van der Waals surface area contributed by atoms with Gasteiger partial charge in [-0.3, -0.25) is 9.59 Å². The third-order valence-electron chi connectivity index (χ3n) is 7.30. The SMILES string of the molecule is C#CCSCC(N)C(=O)Oc1ccc(COC(=O)C(N)CSCC#CC#CCSCC(NC(=O)OC(C)(C)C)C(=O)Oc2ccc(COC(=O)C(CSCC#C)NC=O)cc2)cc1. The average molecular weight is 939 g/mol. The number of hydrogen-bond acceptors (Lipinski definition) is 17. The quantitative estimate of drug-likeness (QED) is 0.0280. The zero-order valence-corrected chi connectivity index (χ0v) is 38.3. The number of carbonyl (C=O) groups excluding carboxylic acids is 6. The highest BCUT2D eigenvalue weighted by Gasteiger charge is 2.26. The van der Waals surface area contributed by atoms with Crippen LogP contribution in [0.2, 0.25) is 0 Å². The zero-order chi connectivity index (χ0) is 46.5. The number of carbonyl (C=O) groups is 6. The molecular weight excluding hydrogens is 889 g/mol. The fraction of sp³-hybridized carbons (Fsp3) is 0.409. The summed E-state index contributed by atoms with van der Waals surface area (Å²) < 4.78 is 26.8. The molecule has 4 atom stereocenters. The van der Waals surface area contributed by atoms with Gasteiger partial charge in [-0.05, 0) is 68.0 Å². The van der Waals surface area contributed by atoms with E-state index in [9.17, 15) is 28.8 Å². The summed E-state index contributed by atoms with van der Waals surface area (Å²) in [7, 11) is 0. The highest BCUT2D eigenvalue weighted by molar-refractivity contribution is 8.00. The summed E-state index contributed by atoms with van der Waals surface area (Å²) in [6, 6.07) is 9.05. The Morgan fingerprint density at radius 2 is 1.10 bits per heavy atom. The highest BCUT2D eigenvalue weighted by Crippen LogP contribution is 2.17. The molecule has 0 radical (unpaired) electrons. The summed E-state index contributed by atoms with van der Waals surface area (Å²) in [6.45, 7) is 4.97. The van der Waals surface area contributed by atoms with Gasteiger partial charge in [0.2, 0.25) is 6.41 Å². The predicted molar refractivity (Wildman–Crippen MR) is 248 cm³/mol. The monoisotopic (exact) mass is 938 g/mol. The second kappa shape index (κ2) is 30.6. The standard InChI is InChI=1S/C44H50N4O11S4/c1-6-20-60-27-36(46)40(51)57-33-16-12-31(13-17-33)24-55-39(50)35(45)26-62-22-10-8-9-11-23-63-29-38(48-43(54)59-44(3,4)5)42(53)58-34-18-14-32(15-19-34)25-56-41(52)37(47-30-49)28-61-21-7-2/h1-2,12-19,30,35-38H,20-29,45-46H2,3-5H3,(H,47,49)(H,48,54). The minimum Gasteiger partial charge on any atom is -0.460 e. The number of terminal acetylenes is 2. The summed E-state index contributed by atoms with van der Waals surface area (Å²) in [5, 5.41) is 4.96. The number of nitrogens with two attached hydrogens (primary N) is 2. The zero-order valence-electron chi connectivity index (χ0n) is 35.0. The van der Waals surface area contributed by atoms with E-state index in [-0.39, 0.29) is 42.0 Å². The molecule has 0 saturated heterocycles. The van der Waals surface area contributed by atoms with E-state index in [0.717, 1.165) is 0 Å². The summed E-state index contributed by atoms with van der Waals surface area (Å²) >= 11 is 5.27. The minimum atomic E-state index is -1.09. The lowest BCUT2D eigenvalue weighted by Gasteiger charge is -2.22. The number of amides is 2. The Morgan fingerprint density at radius 1 is 0.651 bits per heavy atom. The molecule has 63 heavy (non-hydrogen) atoms. The Hall–Kier alpha value is -5.38. The highest BCUT2D eigenvalue weighted by atomic mass is 32.2. The molecule has 19 heteroatoms. The van der Waals surface area contributed by atoms with Crippen molar-refractivity contribution in [3.63, 3.8) is 0 Å². The predicted octanol–water partition coefficient (Wildman–Crippen LogP) is 3.15. The molecule has 2 rings (SSSR count). The molecule has 0 heterocycles. The molecule has 4 unspecified atom stereocenters. The van der Waals surface area contributed by atoms with Crippen LogP contribution in [0.5, 0.6) is 11.5 Å². The molecule has 6 N–H and O–H groups in total. The van der Waals surface area contributed by atoms with Crippen molar-refractivity contribution in [3.8, 4) is 59.9 Å². The van der Waals surface area contributed by atoms with E-state index in [0.29, 0.717) is 46.3 Å². The van der Waals surface area contributed by atoms with Crippen LogP contribution in [-0.4, -0.2) is 112 Å². The summed E-state index contributed by atoms with van der Waals surface area (Å²) in [5.74, 6) is 16.5. The molecule has 336 valence electrons. The van der Waals surface area contributed by atoms with Crippen LogP contribution in [0.25, 0.3) is 0 Å². The van der Waals surface area contributed by atoms with E-state index in [1.807, 2.05) is 0 Å². The molecule has 0 aromatic heterocycles. The van der Waals surface area contributed by atoms with Crippen LogP contribution >= 0.6 is 47.0 Å². The van der Waals surface area contributed by atoms with E-state index in [1.165, 1.54) is 59.2 Å². The largest absolute Gasteiger partial charge is 0.460 e. The average Bonchev–Trinajstić information content (AvgIpc) is 3.24. The Bertz CT molecular complexity index is 2030. The van der Waals surface area contributed by atoms with Crippen LogP contribution in [0.1, 0.15) is 31.9 Å². The molecule has 0 aliphatic carbocycles. The summed E-state index contributed by atoms with van der Waals surface area (Å²) in [4.78, 5) is 73.6. The molecule has 2 aromatic rings. The van der Waals surface area contributed by atoms with Gasteiger partial charge in [0.1, 0.15) is 54.5 Å². The van der Waals surface area contributed by atoms with Crippen molar-refractivity contribution in [2.75, 3.05) is 46.0 Å². The lowest BCUT2D eigenvalue weighted by Crippen LogP contribution is -2.46. The molecule has 0 spiro atoms. The number of esters is 4. The first-order valence-corrected chi connectivity index (χ1v) is 23.6. The van der Waals surface area contributed by atoms with Crippen molar-refractivity contribution < 1.29 is 52.5 Å². The van der Waals surface area contributed by atoms with E-state index < -0.39 is 59.7 Å². The molecule has 0 bridgehead atoms. The summed E-state index contributed by atoms with van der Waals surface area (Å²) in [6.07, 6.45) is 10.1. The van der Waals surface area contributed by atoms with Gasteiger partial charge in [-0.2, -0.15) is 0 Å². The molecule has 15 nitrogen and oxygen atoms in total. The molecule has 2 aromatic carbocycles. The van der Waals surface area contributed by atoms with Crippen LogP contribution in [0.15, 0.2) is 48.5 Å². The number of ether oxygens (including phenoxy) is 5. The first-order chi connectivity index (χ1) is 30.1. The summed E-state index contributed by atoms with van der Waals surface area (Å²) in [5.41, 5.74) is 12.3. The Balaban J connectivity index is 1.79. The number of nitrogens with one attached hydrogen (secondary N) is 2. The lowest BCUT2D eigenvalue weighted by atomic mass is 10.2. The van der Waals surface area contributed by atoms with Crippen molar-refractivity contribution in [2.45, 2.75) is 63.8 Å². The van der Waals surface area contributed by atoms with Crippen LogP contribution in [-0.2, 0) is 51.4 Å². The van der Waals surface area contributed by atoms with Gasteiger partial charge in [0.25, 0.3) is 0 Å². The smallest absolute Gasteiger partial charge is 0.408 e. The molecule has 0 aliphatic rings. The van der Waals surface area contributed by atoms with Gasteiger partial charge in [-0.15, -0.1) is 59.9 Å². The van der Waals surface area contributed by atoms with E-state index >= 15 is 0 Å². The van der Waals surface area contributed by atoms with E-state index in [4.69, 9.17) is 48.0 Å². The number of rotatable bonds is 25. The van der Waals surface area contributed by atoms with Crippen molar-refractivity contribution in [1.82, 2.24) is 10.6 Å². The first kappa shape index (κ1) is 53.8. The maximum atomic E-state index is 13.2. The van der Waals surface area contributed by atoms with Crippen molar-refractivity contribution >= 4 is 83.4 Å². The van der Waals surface area contributed by atoms with Crippen LogP contribution < -0.4 is 31.6 Å². The number of thioether (sulfide) groups is 4. The van der Waals surface area contributed by atoms with Crippen LogP contribution in [0.4, 0.5) is 4.79 Å². The fourth-order valence-electron chi connectivity index (χ4n) is 4.33. The van der Waals surface area contributed by atoms with Gasteiger partial charge in [0, 0.05) is 23.0 Å². The minimum absolute atomic E-state index is 0.0184. The molecule has 0 aliphatic heterocycles. The second-order valence-electron chi connectivity index (χ2n) is 13.7. The van der Waals surface area contributed by atoms with Gasteiger partial charge >= 0.3 is 30.0 Å². The van der Waals surface area contributed by atoms with Crippen LogP contribution in [0.3, 0.4) is 0 Å². The lowest BCUT2D eigenvalue weighted by molar-refractivity contribution is -0.147. The van der Waals surface area contributed by atoms with Gasteiger partial charge in [-0.1, -0.05) is 47.9 Å². The third kappa shape index (κ3) is 24.2. The topological polar surface area (TPSA) is 225 Å². The number of hydrogen-bond donors (Lipinski definition) is 4. The maximum Gasteiger partial charge on any atom is 0.408 e. The van der Waals surface area contributed by atoms with Gasteiger partial charge in [0.05, 0.1) is 23.0 Å². The first-order valence-electron chi connectivity index (χ1n) is 18.9. The van der Waals surface area contributed by atoms with Crippen molar-refractivity contribution in [1.29, 1.82) is 0 Å². The fourth-order valence-corrected chi connectivity index (χ4v) is 7.09. The van der Waals surface area contributed by atoms with Gasteiger partial charge in [-0.25, -0.2) is 19.2 Å². The Kier molecular flexibility index (Phi) is 26.1. The molecule has 0 fully saturated rings.